The van der Waals surface area contributed by atoms with Gasteiger partial charge in [-0.05, 0) is 43.9 Å². The highest BCUT2D eigenvalue weighted by Crippen LogP contribution is 2.28. The van der Waals surface area contributed by atoms with E-state index in [0.29, 0.717) is 39.0 Å². The van der Waals surface area contributed by atoms with E-state index in [1.165, 1.54) is 22.5 Å². The molecule has 27 heavy (non-hydrogen) atoms. The van der Waals surface area contributed by atoms with E-state index in [0.717, 1.165) is 25.8 Å². The maximum atomic E-state index is 12.7. The van der Waals surface area contributed by atoms with Crippen LogP contribution in [0.4, 0.5) is 0 Å². The standard InChI is InChI=1S/C18H24ClN3O4S/c19-15-7-6-14(13-16(15)27(25,26)22-11-1-2-12-22)18(24)20-8-4-10-21-9-3-5-17(21)23/h6-7,13H,1-5,8-12H2,(H,20,24). The molecule has 0 bridgehead atoms. The summed E-state index contributed by atoms with van der Waals surface area (Å²) in [5.41, 5.74) is 0.259. The summed E-state index contributed by atoms with van der Waals surface area (Å²) in [6.07, 6.45) is 3.81. The number of hydrogen-bond acceptors (Lipinski definition) is 4. The lowest BCUT2D eigenvalue weighted by Crippen LogP contribution is -2.31. The zero-order chi connectivity index (χ0) is 19.4. The van der Waals surface area contributed by atoms with Gasteiger partial charge in [-0.15, -0.1) is 0 Å². The quantitative estimate of drug-likeness (QED) is 0.691. The predicted octanol–water partition coefficient (Wildman–Crippen LogP) is 1.87. The zero-order valence-electron chi connectivity index (χ0n) is 15.1. The molecule has 2 aliphatic rings. The maximum Gasteiger partial charge on any atom is 0.251 e. The van der Waals surface area contributed by atoms with E-state index in [2.05, 4.69) is 5.32 Å². The van der Waals surface area contributed by atoms with E-state index < -0.39 is 10.0 Å². The molecule has 0 saturated carbocycles. The number of carbonyl (C=O) groups excluding carboxylic acids is 2. The Balaban J connectivity index is 1.61. The van der Waals surface area contributed by atoms with Gasteiger partial charge in [0, 0.05) is 44.7 Å². The highest BCUT2D eigenvalue weighted by atomic mass is 35.5. The third kappa shape index (κ3) is 4.62. The van der Waals surface area contributed by atoms with E-state index in [1.54, 1.807) is 4.90 Å². The van der Waals surface area contributed by atoms with Gasteiger partial charge in [-0.2, -0.15) is 4.31 Å². The molecule has 0 aliphatic carbocycles. The van der Waals surface area contributed by atoms with Crippen LogP contribution in [0.2, 0.25) is 5.02 Å². The molecule has 2 amide bonds. The summed E-state index contributed by atoms with van der Waals surface area (Å²) in [4.78, 5) is 25.7. The molecule has 0 spiro atoms. The van der Waals surface area contributed by atoms with Gasteiger partial charge in [0.05, 0.1) is 5.02 Å². The Morgan fingerprint density at radius 1 is 1.15 bits per heavy atom. The summed E-state index contributed by atoms with van der Waals surface area (Å²) in [5.74, 6) is -0.187. The molecule has 1 aromatic rings. The molecule has 2 saturated heterocycles. The van der Waals surface area contributed by atoms with Gasteiger partial charge in [0.2, 0.25) is 15.9 Å². The minimum Gasteiger partial charge on any atom is -0.352 e. The normalized spacial score (nSPS) is 18.3. The Morgan fingerprint density at radius 2 is 1.89 bits per heavy atom. The minimum atomic E-state index is -3.69. The Hall–Kier alpha value is -1.64. The maximum absolute atomic E-state index is 12.7. The topological polar surface area (TPSA) is 86.8 Å². The summed E-state index contributed by atoms with van der Waals surface area (Å²) >= 11 is 6.10. The summed E-state index contributed by atoms with van der Waals surface area (Å²) in [6, 6.07) is 4.31. The van der Waals surface area contributed by atoms with Crippen LogP contribution in [0.1, 0.15) is 42.5 Å². The molecule has 3 rings (SSSR count). The number of nitrogens with zero attached hydrogens (tertiary/aromatic N) is 2. The first-order chi connectivity index (χ1) is 12.9. The van der Waals surface area contributed by atoms with Crippen molar-refractivity contribution in [1.29, 1.82) is 0 Å². The van der Waals surface area contributed by atoms with Gasteiger partial charge in [-0.1, -0.05) is 11.6 Å². The zero-order valence-corrected chi connectivity index (χ0v) is 16.7. The van der Waals surface area contributed by atoms with E-state index in [-0.39, 0.29) is 27.3 Å². The number of carbonyl (C=O) groups is 2. The smallest absolute Gasteiger partial charge is 0.251 e. The first kappa shape index (κ1) is 20.1. The number of benzene rings is 1. The predicted molar refractivity (Wildman–Crippen MR) is 102 cm³/mol. The Bertz CT molecular complexity index is 822. The van der Waals surface area contributed by atoms with Crippen LogP contribution in [0.15, 0.2) is 23.1 Å². The average Bonchev–Trinajstić information content (AvgIpc) is 3.31. The van der Waals surface area contributed by atoms with Gasteiger partial charge >= 0.3 is 0 Å². The van der Waals surface area contributed by atoms with Crippen molar-refractivity contribution >= 4 is 33.4 Å². The molecule has 7 nitrogen and oxygen atoms in total. The van der Waals surface area contributed by atoms with Gasteiger partial charge < -0.3 is 10.2 Å². The molecule has 2 aliphatic heterocycles. The second-order valence-corrected chi connectivity index (χ2v) is 9.16. The lowest BCUT2D eigenvalue weighted by molar-refractivity contribution is -0.127. The van der Waals surface area contributed by atoms with Crippen LogP contribution >= 0.6 is 11.6 Å². The molecule has 1 aromatic carbocycles. The molecule has 0 unspecified atom stereocenters. The summed E-state index contributed by atoms with van der Waals surface area (Å²) < 4.78 is 26.9. The van der Waals surface area contributed by atoms with Crippen LogP contribution in [0.25, 0.3) is 0 Å². The monoisotopic (exact) mass is 413 g/mol. The summed E-state index contributed by atoms with van der Waals surface area (Å²) in [7, 11) is -3.69. The molecule has 1 N–H and O–H groups in total. The van der Waals surface area contributed by atoms with Gasteiger partial charge in [0.25, 0.3) is 5.91 Å². The fourth-order valence-electron chi connectivity index (χ4n) is 3.42. The van der Waals surface area contributed by atoms with Crippen LogP contribution < -0.4 is 5.32 Å². The molecule has 2 fully saturated rings. The highest BCUT2D eigenvalue weighted by molar-refractivity contribution is 7.89. The number of amides is 2. The van der Waals surface area contributed by atoms with Crippen LogP contribution in [0.5, 0.6) is 0 Å². The third-order valence-corrected chi connectivity index (χ3v) is 7.32. The van der Waals surface area contributed by atoms with Crippen LogP contribution in [-0.2, 0) is 14.8 Å². The van der Waals surface area contributed by atoms with Crippen molar-refractivity contribution in [3.63, 3.8) is 0 Å². The van der Waals surface area contributed by atoms with Gasteiger partial charge in [0.1, 0.15) is 4.90 Å². The summed E-state index contributed by atoms with van der Waals surface area (Å²) in [5, 5.41) is 2.89. The first-order valence-electron chi connectivity index (χ1n) is 9.25. The highest BCUT2D eigenvalue weighted by Gasteiger charge is 2.29. The third-order valence-electron chi connectivity index (χ3n) is 4.94. The number of rotatable bonds is 7. The van der Waals surface area contributed by atoms with Crippen molar-refractivity contribution in [2.75, 3.05) is 32.7 Å². The molecular weight excluding hydrogens is 390 g/mol. The Labute approximate surface area is 164 Å². The van der Waals surface area contributed by atoms with Crippen molar-refractivity contribution in [3.05, 3.63) is 28.8 Å². The van der Waals surface area contributed by atoms with Crippen LogP contribution in [0, 0.1) is 0 Å². The number of halogens is 1. The van der Waals surface area contributed by atoms with Gasteiger partial charge in [-0.25, -0.2) is 8.42 Å². The fourth-order valence-corrected chi connectivity index (χ4v) is 5.44. The van der Waals surface area contributed by atoms with Crippen LogP contribution in [-0.4, -0.2) is 62.2 Å². The van der Waals surface area contributed by atoms with Crippen LogP contribution in [0.3, 0.4) is 0 Å². The second-order valence-electron chi connectivity index (χ2n) is 6.85. The van der Waals surface area contributed by atoms with Crippen molar-refractivity contribution in [1.82, 2.24) is 14.5 Å². The van der Waals surface area contributed by atoms with Crippen molar-refractivity contribution in [2.45, 2.75) is 37.0 Å². The number of sulfonamides is 1. The van der Waals surface area contributed by atoms with Gasteiger partial charge in [0.15, 0.2) is 0 Å². The molecule has 0 aromatic heterocycles. The number of likely N-dealkylation sites (tertiary alicyclic amines) is 1. The van der Waals surface area contributed by atoms with E-state index >= 15 is 0 Å². The van der Waals surface area contributed by atoms with Gasteiger partial charge in [-0.3, -0.25) is 9.59 Å². The first-order valence-corrected chi connectivity index (χ1v) is 11.1. The SMILES string of the molecule is O=C(NCCCN1CCCC1=O)c1ccc(Cl)c(S(=O)(=O)N2CCCC2)c1. The van der Waals surface area contributed by atoms with E-state index in [1.807, 2.05) is 0 Å². The average molecular weight is 414 g/mol. The van der Waals surface area contributed by atoms with Crippen molar-refractivity contribution in [3.8, 4) is 0 Å². The molecule has 148 valence electrons. The second kappa shape index (κ2) is 8.58. The Kier molecular flexibility index (Phi) is 6.39. The molecule has 0 atom stereocenters. The van der Waals surface area contributed by atoms with E-state index in [9.17, 15) is 18.0 Å². The Morgan fingerprint density at radius 3 is 2.56 bits per heavy atom. The largest absolute Gasteiger partial charge is 0.352 e. The van der Waals surface area contributed by atoms with Crippen molar-refractivity contribution < 1.29 is 18.0 Å². The summed E-state index contributed by atoms with van der Waals surface area (Å²) in [6.45, 7) is 2.77. The lowest BCUT2D eigenvalue weighted by Gasteiger charge is -2.17. The molecule has 2 heterocycles. The molecular formula is C18H24ClN3O4S. The van der Waals surface area contributed by atoms with E-state index in [4.69, 9.17) is 11.6 Å². The number of hydrogen-bond donors (Lipinski definition) is 1. The lowest BCUT2D eigenvalue weighted by atomic mass is 10.2. The number of nitrogens with one attached hydrogen (secondary N) is 1. The minimum absolute atomic E-state index is 0.0265. The molecule has 9 heteroatoms. The van der Waals surface area contributed by atoms with Crippen molar-refractivity contribution in [2.24, 2.45) is 0 Å². The fraction of sp³-hybridized carbons (Fsp3) is 0.556. The molecule has 0 radical (unpaired) electrons.